The summed E-state index contributed by atoms with van der Waals surface area (Å²) in [6.07, 6.45) is 0. The summed E-state index contributed by atoms with van der Waals surface area (Å²) in [6.45, 7) is -0.0655. The fourth-order valence-corrected chi connectivity index (χ4v) is 2.21. The van der Waals surface area contributed by atoms with Crippen molar-refractivity contribution >= 4 is 23.2 Å². The topological polar surface area (TPSA) is 97.1 Å². The molecule has 0 aliphatic carbocycles. The third kappa shape index (κ3) is 2.23. The maximum atomic E-state index is 11.3. The molecule has 8 heteroatoms. The van der Waals surface area contributed by atoms with Crippen LogP contribution >= 0.6 is 11.3 Å². The number of rotatable bonds is 4. The number of likely N-dealkylation sites (N-methyl/N-ethyl adjacent to an activating group) is 1. The number of carbonyl (C=O) groups excluding carboxylic acids is 1. The van der Waals surface area contributed by atoms with Gasteiger partial charge in [-0.05, 0) is 11.4 Å². The average Bonchev–Trinajstić information content (AvgIpc) is 2.96. The highest BCUT2D eigenvalue weighted by atomic mass is 32.1. The van der Waals surface area contributed by atoms with E-state index in [9.17, 15) is 9.59 Å². The second kappa shape index (κ2) is 4.96. The summed E-state index contributed by atoms with van der Waals surface area (Å²) in [4.78, 5) is 23.1. The van der Waals surface area contributed by atoms with Crippen molar-refractivity contribution in [3.8, 4) is 10.6 Å². The first-order chi connectivity index (χ1) is 8.63. The summed E-state index contributed by atoms with van der Waals surface area (Å²) in [5, 5.41) is 20.6. The van der Waals surface area contributed by atoms with E-state index in [4.69, 9.17) is 5.11 Å². The molecule has 0 spiro atoms. The van der Waals surface area contributed by atoms with E-state index in [1.54, 1.807) is 12.1 Å². The van der Waals surface area contributed by atoms with E-state index in [0.29, 0.717) is 10.6 Å². The minimum absolute atomic E-state index is 0.0655. The first-order valence-corrected chi connectivity index (χ1v) is 5.92. The predicted octanol–water partition coefficient (Wildman–Crippen LogP) is 0.451. The Hall–Kier alpha value is -2.22. The van der Waals surface area contributed by atoms with Crippen molar-refractivity contribution in [3.63, 3.8) is 0 Å². The number of carboxylic acids is 1. The minimum atomic E-state index is -1.17. The molecule has 0 saturated heterocycles. The van der Waals surface area contributed by atoms with E-state index >= 15 is 0 Å². The van der Waals surface area contributed by atoms with E-state index in [1.807, 2.05) is 5.38 Å². The molecule has 0 aliphatic heterocycles. The third-order valence-corrected chi connectivity index (χ3v) is 3.14. The lowest BCUT2D eigenvalue weighted by Gasteiger charge is -2.04. The molecule has 2 rings (SSSR count). The lowest BCUT2D eigenvalue weighted by atomic mass is 10.2. The summed E-state index contributed by atoms with van der Waals surface area (Å²) < 4.78 is 1.29. The van der Waals surface area contributed by atoms with Crippen LogP contribution in [0.4, 0.5) is 0 Å². The molecule has 0 bridgehead atoms. The number of carboxylic acid groups (broad SMARTS) is 1. The molecule has 0 saturated carbocycles. The van der Waals surface area contributed by atoms with Gasteiger partial charge in [-0.15, -0.1) is 16.4 Å². The van der Waals surface area contributed by atoms with Crippen LogP contribution in [0.2, 0.25) is 0 Å². The number of hydrogen-bond donors (Lipinski definition) is 2. The number of thiophene rings is 1. The number of amides is 1. The molecule has 0 aliphatic rings. The molecule has 2 N–H and O–H groups in total. The van der Waals surface area contributed by atoms with Crippen molar-refractivity contribution in [2.24, 2.45) is 0 Å². The zero-order valence-corrected chi connectivity index (χ0v) is 10.3. The van der Waals surface area contributed by atoms with Crippen molar-refractivity contribution in [3.05, 3.63) is 23.2 Å². The lowest BCUT2D eigenvalue weighted by Crippen LogP contribution is -2.24. The van der Waals surface area contributed by atoms with Gasteiger partial charge in [0.15, 0.2) is 5.69 Å². The molecule has 1 amide bonds. The maximum Gasteiger partial charge on any atom is 0.358 e. The molecule has 18 heavy (non-hydrogen) atoms. The predicted molar refractivity (Wildman–Crippen MR) is 64.4 cm³/mol. The van der Waals surface area contributed by atoms with Gasteiger partial charge in [-0.3, -0.25) is 4.79 Å². The first-order valence-electron chi connectivity index (χ1n) is 5.04. The number of carbonyl (C=O) groups is 2. The van der Waals surface area contributed by atoms with Crippen LogP contribution in [-0.4, -0.2) is 39.0 Å². The summed E-state index contributed by atoms with van der Waals surface area (Å²) in [5.74, 6) is -1.43. The highest BCUT2D eigenvalue weighted by molar-refractivity contribution is 7.13. The Labute approximate surface area is 106 Å². The van der Waals surface area contributed by atoms with Gasteiger partial charge < -0.3 is 10.4 Å². The summed E-state index contributed by atoms with van der Waals surface area (Å²) in [6, 6.07) is 3.55. The standard InChI is InChI=1S/C10H10N4O3S/c1-11-7(15)5-14-9(6-3-2-4-18-6)8(10(16)17)12-13-14/h2-4H,5H2,1H3,(H,11,15)(H,16,17). The molecule has 2 aromatic heterocycles. The minimum Gasteiger partial charge on any atom is -0.476 e. The van der Waals surface area contributed by atoms with E-state index in [1.165, 1.54) is 23.1 Å². The SMILES string of the molecule is CNC(=O)Cn1nnc(C(=O)O)c1-c1cccs1. The van der Waals surface area contributed by atoms with Crippen LogP contribution in [-0.2, 0) is 11.3 Å². The molecule has 94 valence electrons. The summed E-state index contributed by atoms with van der Waals surface area (Å²) in [5.41, 5.74) is 0.197. The van der Waals surface area contributed by atoms with Gasteiger partial charge in [0.2, 0.25) is 5.91 Å². The summed E-state index contributed by atoms with van der Waals surface area (Å²) in [7, 11) is 1.50. The zero-order chi connectivity index (χ0) is 13.1. The number of nitrogens with one attached hydrogen (secondary N) is 1. The molecule has 2 heterocycles. The zero-order valence-electron chi connectivity index (χ0n) is 9.45. The molecule has 7 nitrogen and oxygen atoms in total. The Morgan fingerprint density at radius 1 is 1.56 bits per heavy atom. The largest absolute Gasteiger partial charge is 0.476 e. The van der Waals surface area contributed by atoms with Crippen LogP contribution < -0.4 is 5.32 Å². The summed E-state index contributed by atoms with van der Waals surface area (Å²) >= 11 is 1.37. The quantitative estimate of drug-likeness (QED) is 0.837. The van der Waals surface area contributed by atoms with Crippen molar-refractivity contribution in [2.45, 2.75) is 6.54 Å². The van der Waals surface area contributed by atoms with Crippen LogP contribution in [0.15, 0.2) is 17.5 Å². The monoisotopic (exact) mass is 266 g/mol. The van der Waals surface area contributed by atoms with E-state index in [-0.39, 0.29) is 18.1 Å². The maximum absolute atomic E-state index is 11.3. The fraction of sp³-hybridized carbons (Fsp3) is 0.200. The smallest absolute Gasteiger partial charge is 0.358 e. The van der Waals surface area contributed by atoms with Crippen LogP contribution in [0.25, 0.3) is 10.6 Å². The number of aromatic nitrogens is 3. The van der Waals surface area contributed by atoms with Gasteiger partial charge in [0.05, 0.1) is 4.88 Å². The Morgan fingerprint density at radius 3 is 2.89 bits per heavy atom. The molecule has 0 fully saturated rings. The Morgan fingerprint density at radius 2 is 2.33 bits per heavy atom. The molecular weight excluding hydrogens is 256 g/mol. The van der Waals surface area contributed by atoms with Crippen LogP contribution in [0.1, 0.15) is 10.5 Å². The fourth-order valence-electron chi connectivity index (χ4n) is 1.44. The van der Waals surface area contributed by atoms with E-state index in [0.717, 1.165) is 0 Å². The van der Waals surface area contributed by atoms with E-state index < -0.39 is 5.97 Å². The molecule has 2 aromatic rings. The molecule has 0 atom stereocenters. The second-order valence-corrected chi connectivity index (χ2v) is 4.35. The van der Waals surface area contributed by atoms with Crippen molar-refractivity contribution in [2.75, 3.05) is 7.05 Å². The number of aromatic carboxylic acids is 1. The highest BCUT2D eigenvalue weighted by Gasteiger charge is 2.22. The van der Waals surface area contributed by atoms with Crippen molar-refractivity contribution in [1.82, 2.24) is 20.3 Å². The molecule has 0 radical (unpaired) electrons. The molecule has 0 aromatic carbocycles. The number of nitrogens with zero attached hydrogens (tertiary/aromatic N) is 3. The Balaban J connectivity index is 2.48. The molecular formula is C10H10N4O3S. The van der Waals surface area contributed by atoms with Gasteiger partial charge >= 0.3 is 5.97 Å². The van der Waals surface area contributed by atoms with Crippen LogP contribution in [0.3, 0.4) is 0 Å². The highest BCUT2D eigenvalue weighted by Crippen LogP contribution is 2.26. The lowest BCUT2D eigenvalue weighted by molar-refractivity contribution is -0.121. The van der Waals surface area contributed by atoms with Gasteiger partial charge in [0, 0.05) is 7.05 Å². The van der Waals surface area contributed by atoms with Gasteiger partial charge in [0.25, 0.3) is 0 Å². The van der Waals surface area contributed by atoms with E-state index in [2.05, 4.69) is 15.6 Å². The van der Waals surface area contributed by atoms with Crippen molar-refractivity contribution < 1.29 is 14.7 Å². The number of hydrogen-bond acceptors (Lipinski definition) is 5. The molecule has 0 unspecified atom stereocenters. The van der Waals surface area contributed by atoms with Crippen LogP contribution in [0.5, 0.6) is 0 Å². The first kappa shape index (κ1) is 12.2. The van der Waals surface area contributed by atoms with Gasteiger partial charge in [-0.1, -0.05) is 11.3 Å². The normalized spacial score (nSPS) is 10.3. The second-order valence-electron chi connectivity index (χ2n) is 3.40. The average molecular weight is 266 g/mol. The Kier molecular flexibility index (Phi) is 3.38. The van der Waals surface area contributed by atoms with Gasteiger partial charge in [-0.2, -0.15) is 0 Å². The van der Waals surface area contributed by atoms with Gasteiger partial charge in [-0.25, -0.2) is 9.48 Å². The van der Waals surface area contributed by atoms with Crippen LogP contribution in [0, 0.1) is 0 Å². The van der Waals surface area contributed by atoms with Crippen molar-refractivity contribution in [1.29, 1.82) is 0 Å². The van der Waals surface area contributed by atoms with Gasteiger partial charge in [0.1, 0.15) is 12.2 Å². The Bertz CT molecular complexity index is 576. The third-order valence-electron chi connectivity index (χ3n) is 2.26.